The van der Waals surface area contributed by atoms with Crippen molar-refractivity contribution < 1.29 is 0 Å². The fourth-order valence-electron chi connectivity index (χ4n) is 1.65. The maximum atomic E-state index is 6.31. The lowest BCUT2D eigenvalue weighted by Gasteiger charge is -2.15. The highest BCUT2D eigenvalue weighted by Crippen LogP contribution is 2.22. The Morgan fingerprint density at radius 3 is 2.56 bits per heavy atom. The summed E-state index contributed by atoms with van der Waals surface area (Å²) >= 11 is 12.0. The number of nitrogens with zero attached hydrogens (tertiary/aromatic N) is 3. The number of hydrogen-bond acceptors (Lipinski definition) is 2. The summed E-state index contributed by atoms with van der Waals surface area (Å²) in [5.74, 6) is 0.634. The molecule has 92 valence electrons. The molecule has 0 fully saturated rings. The molecule has 0 aliphatic heterocycles. The zero-order valence-electron chi connectivity index (χ0n) is 10.1. The molecule has 0 aliphatic carbocycles. The lowest BCUT2D eigenvalue weighted by atomic mass is 10.3. The van der Waals surface area contributed by atoms with Crippen molar-refractivity contribution in [2.24, 2.45) is 0 Å². The molecule has 1 aromatic heterocycles. The van der Waals surface area contributed by atoms with E-state index in [4.69, 9.17) is 23.2 Å². The van der Waals surface area contributed by atoms with Gasteiger partial charge in [0.2, 0.25) is 0 Å². The molecule has 1 heterocycles. The Balaban J connectivity index is 2.88. The van der Waals surface area contributed by atoms with Crippen molar-refractivity contribution in [3.05, 3.63) is 16.4 Å². The lowest BCUT2D eigenvalue weighted by molar-refractivity contribution is 0.334. The number of aryl methyl sites for hydroxylation is 2. The van der Waals surface area contributed by atoms with Gasteiger partial charge in [0.1, 0.15) is 0 Å². The predicted molar refractivity (Wildman–Crippen MR) is 69.3 cm³/mol. The zero-order chi connectivity index (χ0) is 12.1. The quantitative estimate of drug-likeness (QED) is 0.737. The Morgan fingerprint density at radius 1 is 1.38 bits per heavy atom. The molecule has 16 heavy (non-hydrogen) atoms. The Labute approximate surface area is 107 Å². The minimum absolute atomic E-state index is 0.634. The van der Waals surface area contributed by atoms with Crippen LogP contribution in [0.15, 0.2) is 0 Å². The fraction of sp³-hybridized carbons (Fsp3) is 0.727. The third-order valence-electron chi connectivity index (χ3n) is 2.58. The fourth-order valence-corrected chi connectivity index (χ4v) is 2.26. The summed E-state index contributed by atoms with van der Waals surface area (Å²) in [7, 11) is 2.04. The van der Waals surface area contributed by atoms with Crippen LogP contribution in [0.3, 0.4) is 0 Å². The van der Waals surface area contributed by atoms with Crippen LogP contribution in [0.5, 0.6) is 0 Å². The summed E-state index contributed by atoms with van der Waals surface area (Å²) in [5.41, 5.74) is 2.08. The molecule has 0 aromatic carbocycles. The first-order valence-corrected chi connectivity index (χ1v) is 6.53. The van der Waals surface area contributed by atoms with Crippen LogP contribution in [0.25, 0.3) is 0 Å². The summed E-state index contributed by atoms with van der Waals surface area (Å²) in [6, 6.07) is 0. The van der Waals surface area contributed by atoms with Gasteiger partial charge in [-0.2, -0.15) is 5.10 Å². The van der Waals surface area contributed by atoms with Crippen molar-refractivity contribution in [2.45, 2.75) is 33.4 Å². The van der Waals surface area contributed by atoms with E-state index in [0.717, 1.165) is 42.5 Å². The largest absolute Gasteiger partial charge is 0.299 e. The van der Waals surface area contributed by atoms with Crippen molar-refractivity contribution in [3.8, 4) is 0 Å². The van der Waals surface area contributed by atoms with Gasteiger partial charge in [0.05, 0.1) is 16.4 Å². The van der Waals surface area contributed by atoms with Crippen LogP contribution in [0.2, 0.25) is 5.02 Å². The van der Waals surface area contributed by atoms with Crippen LogP contribution < -0.4 is 0 Å². The zero-order valence-corrected chi connectivity index (χ0v) is 11.6. The molecule has 0 bridgehead atoms. The minimum atomic E-state index is 0.634. The second-order valence-corrected chi connectivity index (χ2v) is 4.56. The van der Waals surface area contributed by atoms with Gasteiger partial charge < -0.3 is 0 Å². The smallest absolute Gasteiger partial charge is 0.0863 e. The van der Waals surface area contributed by atoms with Gasteiger partial charge in [-0.25, -0.2) is 0 Å². The summed E-state index contributed by atoms with van der Waals surface area (Å²) in [4.78, 5) is 2.15. The SMILES string of the molecule is CCc1nn(CC)c(CN(C)CCCl)c1Cl. The molecule has 0 radical (unpaired) electrons. The molecule has 5 heteroatoms. The molecule has 1 aromatic rings. The average Bonchev–Trinajstić information content (AvgIpc) is 2.56. The van der Waals surface area contributed by atoms with Crippen LogP contribution in [-0.4, -0.2) is 34.2 Å². The van der Waals surface area contributed by atoms with Crippen molar-refractivity contribution in [3.63, 3.8) is 0 Å². The molecule has 3 nitrogen and oxygen atoms in total. The number of aromatic nitrogens is 2. The molecule has 0 aliphatic rings. The second-order valence-electron chi connectivity index (χ2n) is 3.80. The standard InChI is InChI=1S/C11H19Cl2N3/c1-4-9-11(13)10(16(5-2)14-9)8-15(3)7-6-12/h4-8H2,1-3H3. The van der Waals surface area contributed by atoms with Gasteiger partial charge in [-0.1, -0.05) is 18.5 Å². The summed E-state index contributed by atoms with van der Waals surface area (Å²) < 4.78 is 1.98. The molecule has 0 N–H and O–H groups in total. The van der Waals surface area contributed by atoms with E-state index in [1.165, 1.54) is 0 Å². The van der Waals surface area contributed by atoms with Crippen LogP contribution in [-0.2, 0) is 19.5 Å². The van der Waals surface area contributed by atoms with Crippen LogP contribution in [0.1, 0.15) is 25.2 Å². The second kappa shape index (κ2) is 6.48. The Hall–Kier alpha value is -0.250. The van der Waals surface area contributed by atoms with E-state index in [1.807, 2.05) is 11.7 Å². The van der Waals surface area contributed by atoms with Crippen molar-refractivity contribution in [1.29, 1.82) is 0 Å². The highest BCUT2D eigenvalue weighted by Gasteiger charge is 2.15. The molecule has 0 atom stereocenters. The van der Waals surface area contributed by atoms with E-state index in [-0.39, 0.29) is 0 Å². The predicted octanol–water partition coefficient (Wildman–Crippen LogP) is 2.79. The molecule has 0 spiro atoms. The van der Waals surface area contributed by atoms with E-state index < -0.39 is 0 Å². The molecule has 0 saturated carbocycles. The van der Waals surface area contributed by atoms with E-state index in [2.05, 4.69) is 23.8 Å². The first-order chi connectivity index (χ1) is 7.63. The first kappa shape index (κ1) is 13.8. The van der Waals surface area contributed by atoms with Crippen molar-refractivity contribution in [2.75, 3.05) is 19.5 Å². The Bertz CT molecular complexity index is 336. The van der Waals surface area contributed by atoms with Crippen molar-refractivity contribution in [1.82, 2.24) is 14.7 Å². The molecule has 0 unspecified atom stereocenters. The third-order valence-corrected chi connectivity index (χ3v) is 3.19. The average molecular weight is 264 g/mol. The highest BCUT2D eigenvalue weighted by atomic mass is 35.5. The van der Waals surface area contributed by atoms with E-state index in [1.54, 1.807) is 0 Å². The normalized spacial score (nSPS) is 11.4. The molecular weight excluding hydrogens is 245 g/mol. The van der Waals surface area contributed by atoms with Gasteiger partial charge in [0.25, 0.3) is 0 Å². The number of alkyl halides is 1. The topological polar surface area (TPSA) is 21.1 Å². The molecule has 1 rings (SSSR count). The maximum absolute atomic E-state index is 6.31. The molecular formula is C11H19Cl2N3. The number of hydrogen-bond donors (Lipinski definition) is 0. The maximum Gasteiger partial charge on any atom is 0.0863 e. The molecule has 0 amide bonds. The van der Waals surface area contributed by atoms with Gasteiger partial charge in [-0.3, -0.25) is 9.58 Å². The first-order valence-electron chi connectivity index (χ1n) is 5.62. The van der Waals surface area contributed by atoms with E-state index in [0.29, 0.717) is 5.88 Å². The van der Waals surface area contributed by atoms with E-state index >= 15 is 0 Å². The monoisotopic (exact) mass is 263 g/mol. The minimum Gasteiger partial charge on any atom is -0.299 e. The van der Waals surface area contributed by atoms with Gasteiger partial charge in [0.15, 0.2) is 0 Å². The summed E-state index contributed by atoms with van der Waals surface area (Å²) in [6.45, 7) is 6.65. The van der Waals surface area contributed by atoms with Crippen LogP contribution in [0.4, 0.5) is 0 Å². The Morgan fingerprint density at radius 2 is 2.06 bits per heavy atom. The number of halogens is 2. The lowest BCUT2D eigenvalue weighted by Crippen LogP contribution is -2.22. The van der Waals surface area contributed by atoms with Gasteiger partial charge in [0, 0.05) is 25.5 Å². The van der Waals surface area contributed by atoms with Crippen LogP contribution in [0, 0.1) is 0 Å². The summed E-state index contributed by atoms with van der Waals surface area (Å²) in [5, 5.41) is 5.30. The van der Waals surface area contributed by atoms with E-state index in [9.17, 15) is 0 Å². The number of rotatable bonds is 6. The molecule has 0 saturated heterocycles. The van der Waals surface area contributed by atoms with Gasteiger partial charge >= 0.3 is 0 Å². The Kier molecular flexibility index (Phi) is 5.59. The van der Waals surface area contributed by atoms with Gasteiger partial charge in [-0.05, 0) is 20.4 Å². The third kappa shape index (κ3) is 3.12. The highest BCUT2D eigenvalue weighted by molar-refractivity contribution is 6.31. The van der Waals surface area contributed by atoms with Crippen LogP contribution >= 0.6 is 23.2 Å². The van der Waals surface area contributed by atoms with Gasteiger partial charge in [-0.15, -0.1) is 11.6 Å². The summed E-state index contributed by atoms with van der Waals surface area (Å²) in [6.07, 6.45) is 0.873. The van der Waals surface area contributed by atoms with Crippen molar-refractivity contribution >= 4 is 23.2 Å².